The molecule has 1 aromatic heterocycles. The number of amides is 1. The highest BCUT2D eigenvalue weighted by molar-refractivity contribution is 5.93. The minimum atomic E-state index is -0.0689. The van der Waals surface area contributed by atoms with Gasteiger partial charge >= 0.3 is 0 Å². The molecule has 0 radical (unpaired) electrons. The van der Waals surface area contributed by atoms with E-state index in [1.165, 1.54) is 0 Å². The van der Waals surface area contributed by atoms with Gasteiger partial charge in [-0.15, -0.1) is 0 Å². The van der Waals surface area contributed by atoms with Crippen LogP contribution in [0.2, 0.25) is 0 Å². The normalized spacial score (nSPS) is 10.2. The fourth-order valence-corrected chi connectivity index (χ4v) is 1.76. The molecule has 0 unspecified atom stereocenters. The third kappa shape index (κ3) is 3.31. The Morgan fingerprint density at radius 3 is 2.47 bits per heavy atom. The Hall–Kier alpha value is -2.36. The minimum absolute atomic E-state index is 0.0689. The number of hydrogen-bond acceptors (Lipinski definition) is 3. The van der Waals surface area contributed by atoms with Crippen LogP contribution in [0.25, 0.3) is 0 Å². The van der Waals surface area contributed by atoms with Crippen molar-refractivity contribution in [2.75, 3.05) is 7.05 Å². The molecular formula is C15H16N2O2. The second-order valence-corrected chi connectivity index (χ2v) is 4.52. The van der Waals surface area contributed by atoms with E-state index >= 15 is 0 Å². The van der Waals surface area contributed by atoms with Crippen molar-refractivity contribution in [3.8, 4) is 5.75 Å². The SMILES string of the molecule is Cc1ccc(C(=O)N(C)Cc2ccc(O)cc2)cn1. The van der Waals surface area contributed by atoms with Crippen LogP contribution in [0, 0.1) is 6.92 Å². The smallest absolute Gasteiger partial charge is 0.255 e. The van der Waals surface area contributed by atoms with Gasteiger partial charge in [-0.25, -0.2) is 0 Å². The van der Waals surface area contributed by atoms with Gasteiger partial charge < -0.3 is 10.0 Å². The number of pyridine rings is 1. The zero-order valence-electron chi connectivity index (χ0n) is 11.0. The lowest BCUT2D eigenvalue weighted by molar-refractivity contribution is 0.0784. The van der Waals surface area contributed by atoms with E-state index in [0.29, 0.717) is 12.1 Å². The molecule has 0 aliphatic heterocycles. The van der Waals surface area contributed by atoms with Gasteiger partial charge in [0, 0.05) is 25.5 Å². The fraction of sp³-hybridized carbons (Fsp3) is 0.200. The zero-order chi connectivity index (χ0) is 13.8. The number of rotatable bonds is 3. The van der Waals surface area contributed by atoms with E-state index < -0.39 is 0 Å². The van der Waals surface area contributed by atoms with Gasteiger partial charge in [-0.3, -0.25) is 9.78 Å². The highest BCUT2D eigenvalue weighted by Gasteiger charge is 2.12. The standard InChI is InChI=1S/C15H16N2O2/c1-11-3-6-13(9-16-11)15(19)17(2)10-12-4-7-14(18)8-5-12/h3-9,18H,10H2,1-2H3. The molecule has 2 aromatic rings. The first kappa shape index (κ1) is 13.1. The average Bonchev–Trinajstić information content (AvgIpc) is 2.41. The number of nitrogens with zero attached hydrogens (tertiary/aromatic N) is 2. The summed E-state index contributed by atoms with van der Waals surface area (Å²) in [5.41, 5.74) is 2.43. The Kier molecular flexibility index (Phi) is 3.80. The van der Waals surface area contributed by atoms with Crippen LogP contribution >= 0.6 is 0 Å². The Balaban J connectivity index is 2.07. The number of phenols is 1. The van der Waals surface area contributed by atoms with Crippen molar-refractivity contribution in [1.82, 2.24) is 9.88 Å². The topological polar surface area (TPSA) is 53.4 Å². The van der Waals surface area contributed by atoms with Crippen LogP contribution in [-0.2, 0) is 6.54 Å². The molecule has 0 aliphatic rings. The summed E-state index contributed by atoms with van der Waals surface area (Å²) < 4.78 is 0. The lowest BCUT2D eigenvalue weighted by Crippen LogP contribution is -2.26. The van der Waals surface area contributed by atoms with Crippen LogP contribution in [0.5, 0.6) is 5.75 Å². The van der Waals surface area contributed by atoms with Crippen molar-refractivity contribution in [2.24, 2.45) is 0 Å². The van der Waals surface area contributed by atoms with E-state index in [-0.39, 0.29) is 11.7 Å². The Labute approximate surface area is 112 Å². The van der Waals surface area contributed by atoms with Gasteiger partial charge in [-0.1, -0.05) is 12.1 Å². The number of phenolic OH excluding ortho intramolecular Hbond substituents is 1. The van der Waals surface area contributed by atoms with Crippen molar-refractivity contribution < 1.29 is 9.90 Å². The molecule has 2 rings (SSSR count). The molecule has 0 bridgehead atoms. The number of benzene rings is 1. The maximum absolute atomic E-state index is 12.2. The first-order valence-electron chi connectivity index (χ1n) is 6.02. The number of carbonyl (C=O) groups is 1. The lowest BCUT2D eigenvalue weighted by atomic mass is 10.2. The number of hydrogen-bond donors (Lipinski definition) is 1. The second kappa shape index (κ2) is 5.52. The van der Waals surface area contributed by atoms with Gasteiger partial charge in [0.2, 0.25) is 0 Å². The van der Waals surface area contributed by atoms with Crippen molar-refractivity contribution in [3.05, 3.63) is 59.4 Å². The molecule has 1 heterocycles. The summed E-state index contributed by atoms with van der Waals surface area (Å²) in [5.74, 6) is 0.154. The van der Waals surface area contributed by atoms with Crippen LogP contribution in [-0.4, -0.2) is 27.9 Å². The maximum atomic E-state index is 12.2. The first-order chi connectivity index (χ1) is 9.06. The van der Waals surface area contributed by atoms with E-state index in [2.05, 4.69) is 4.98 Å². The van der Waals surface area contributed by atoms with Crippen LogP contribution in [0.3, 0.4) is 0 Å². The highest BCUT2D eigenvalue weighted by atomic mass is 16.3. The summed E-state index contributed by atoms with van der Waals surface area (Å²) in [5, 5.41) is 9.22. The zero-order valence-corrected chi connectivity index (χ0v) is 11.0. The van der Waals surface area contributed by atoms with Gasteiger partial charge in [0.15, 0.2) is 0 Å². The van der Waals surface area contributed by atoms with Crippen molar-refractivity contribution in [1.29, 1.82) is 0 Å². The largest absolute Gasteiger partial charge is 0.508 e. The molecule has 1 amide bonds. The molecule has 0 saturated heterocycles. The summed E-state index contributed by atoms with van der Waals surface area (Å²) in [7, 11) is 1.75. The molecule has 0 fully saturated rings. The Morgan fingerprint density at radius 2 is 1.89 bits per heavy atom. The molecular weight excluding hydrogens is 240 g/mol. The summed E-state index contributed by atoms with van der Waals surface area (Å²) in [6.45, 7) is 2.38. The molecule has 19 heavy (non-hydrogen) atoms. The number of aromatic nitrogens is 1. The molecule has 1 aromatic carbocycles. The number of aromatic hydroxyl groups is 1. The molecule has 4 heteroatoms. The predicted molar refractivity (Wildman–Crippen MR) is 72.9 cm³/mol. The van der Waals surface area contributed by atoms with E-state index in [0.717, 1.165) is 11.3 Å². The molecule has 0 atom stereocenters. The van der Waals surface area contributed by atoms with E-state index in [1.807, 2.05) is 13.0 Å². The second-order valence-electron chi connectivity index (χ2n) is 4.52. The van der Waals surface area contributed by atoms with Crippen LogP contribution in [0.15, 0.2) is 42.6 Å². The van der Waals surface area contributed by atoms with Crippen LogP contribution < -0.4 is 0 Å². The van der Waals surface area contributed by atoms with Gasteiger partial charge in [-0.05, 0) is 36.8 Å². The molecule has 0 aliphatic carbocycles. The molecule has 0 spiro atoms. The van der Waals surface area contributed by atoms with Crippen LogP contribution in [0.4, 0.5) is 0 Å². The predicted octanol–water partition coefficient (Wildman–Crippen LogP) is 2.37. The highest BCUT2D eigenvalue weighted by Crippen LogP contribution is 2.12. The molecule has 0 saturated carbocycles. The van der Waals surface area contributed by atoms with Gasteiger partial charge in [-0.2, -0.15) is 0 Å². The van der Waals surface area contributed by atoms with Gasteiger partial charge in [0.25, 0.3) is 5.91 Å². The fourth-order valence-electron chi connectivity index (χ4n) is 1.76. The number of aryl methyl sites for hydroxylation is 1. The van der Waals surface area contributed by atoms with E-state index in [4.69, 9.17) is 0 Å². The van der Waals surface area contributed by atoms with E-state index in [1.54, 1.807) is 48.5 Å². The van der Waals surface area contributed by atoms with Gasteiger partial charge in [0.1, 0.15) is 5.75 Å². The first-order valence-corrected chi connectivity index (χ1v) is 6.02. The average molecular weight is 256 g/mol. The quantitative estimate of drug-likeness (QED) is 0.917. The van der Waals surface area contributed by atoms with Gasteiger partial charge in [0.05, 0.1) is 5.56 Å². The maximum Gasteiger partial charge on any atom is 0.255 e. The van der Waals surface area contributed by atoms with Crippen molar-refractivity contribution in [2.45, 2.75) is 13.5 Å². The third-order valence-corrected chi connectivity index (χ3v) is 2.86. The lowest BCUT2D eigenvalue weighted by Gasteiger charge is -2.17. The third-order valence-electron chi connectivity index (χ3n) is 2.86. The monoisotopic (exact) mass is 256 g/mol. The Morgan fingerprint density at radius 1 is 1.21 bits per heavy atom. The number of carbonyl (C=O) groups excluding carboxylic acids is 1. The summed E-state index contributed by atoms with van der Waals surface area (Å²) >= 11 is 0. The van der Waals surface area contributed by atoms with Crippen LogP contribution in [0.1, 0.15) is 21.6 Å². The Bertz CT molecular complexity index is 562. The minimum Gasteiger partial charge on any atom is -0.508 e. The summed E-state index contributed by atoms with van der Waals surface area (Å²) in [6, 6.07) is 10.4. The molecule has 4 nitrogen and oxygen atoms in total. The van der Waals surface area contributed by atoms with E-state index in [9.17, 15) is 9.90 Å². The molecule has 98 valence electrons. The summed E-state index contributed by atoms with van der Waals surface area (Å²) in [4.78, 5) is 17.9. The summed E-state index contributed by atoms with van der Waals surface area (Å²) in [6.07, 6.45) is 1.59. The molecule has 1 N–H and O–H groups in total. The van der Waals surface area contributed by atoms with Crippen molar-refractivity contribution in [3.63, 3.8) is 0 Å². The van der Waals surface area contributed by atoms with Crippen molar-refractivity contribution >= 4 is 5.91 Å².